The van der Waals surface area contributed by atoms with Crippen LogP contribution in [0.15, 0.2) is 42.5 Å². The number of hydrogen-bond donors (Lipinski definition) is 0. The van der Waals surface area contributed by atoms with Gasteiger partial charge in [-0.2, -0.15) is 34.6 Å². The second-order valence-electron chi connectivity index (χ2n) is 4.23. The molecule has 0 bridgehead atoms. The van der Waals surface area contributed by atoms with E-state index in [2.05, 4.69) is 18.2 Å². The molecular formula is C16H14LiN. The number of hydrogen-bond acceptors (Lipinski definition) is 1. The van der Waals surface area contributed by atoms with E-state index in [9.17, 15) is 5.26 Å². The summed E-state index contributed by atoms with van der Waals surface area (Å²) in [7, 11) is 0. The maximum absolute atomic E-state index is 9.38. The summed E-state index contributed by atoms with van der Waals surface area (Å²) >= 11 is 0. The molecule has 0 fully saturated rings. The van der Waals surface area contributed by atoms with Gasteiger partial charge in [0, 0.05) is 0 Å². The molecule has 2 aromatic rings. The largest absolute Gasteiger partial charge is 1.00 e. The van der Waals surface area contributed by atoms with Crippen molar-refractivity contribution < 1.29 is 18.9 Å². The van der Waals surface area contributed by atoms with Crippen LogP contribution < -0.4 is 18.9 Å². The Balaban J connectivity index is 0.00000162. The van der Waals surface area contributed by atoms with Gasteiger partial charge in [0.05, 0.1) is 12.0 Å². The molecule has 0 radical (unpaired) electrons. The molecule has 0 aliphatic heterocycles. The third kappa shape index (κ3) is 3.05. The molecule has 0 saturated heterocycles. The third-order valence-electron chi connectivity index (χ3n) is 2.91. The summed E-state index contributed by atoms with van der Waals surface area (Å²) in [4.78, 5) is 0. The minimum absolute atomic E-state index is 0. The normalized spacial score (nSPS) is 11.2. The number of nitriles is 1. The molecule has 0 N–H and O–H groups in total. The monoisotopic (exact) mass is 227 g/mol. The van der Waals surface area contributed by atoms with Crippen molar-refractivity contribution in [1.82, 2.24) is 0 Å². The maximum Gasteiger partial charge on any atom is 1.00 e. The van der Waals surface area contributed by atoms with Crippen molar-refractivity contribution in [1.29, 1.82) is 5.26 Å². The van der Waals surface area contributed by atoms with Crippen LogP contribution in [0.25, 0.3) is 0 Å². The summed E-state index contributed by atoms with van der Waals surface area (Å²) in [5, 5.41) is 9.38. The van der Waals surface area contributed by atoms with Gasteiger partial charge in [-0.1, -0.05) is 44.2 Å². The van der Waals surface area contributed by atoms with E-state index in [1.807, 2.05) is 50.2 Å². The van der Waals surface area contributed by atoms with Crippen LogP contribution in [0, 0.1) is 31.2 Å². The Labute approximate surface area is 121 Å². The van der Waals surface area contributed by atoms with E-state index >= 15 is 0 Å². The number of aryl methyl sites for hydroxylation is 2. The second kappa shape index (κ2) is 6.46. The van der Waals surface area contributed by atoms with Crippen LogP contribution in [0.3, 0.4) is 0 Å². The van der Waals surface area contributed by atoms with E-state index in [0.717, 1.165) is 22.3 Å². The van der Waals surface area contributed by atoms with Crippen molar-refractivity contribution in [2.45, 2.75) is 19.8 Å². The van der Waals surface area contributed by atoms with Gasteiger partial charge in [-0.05, 0) is 5.56 Å². The minimum Gasteiger partial charge on any atom is -0.198 e. The smallest absolute Gasteiger partial charge is 0.198 e. The summed E-state index contributed by atoms with van der Waals surface area (Å²) in [6, 6.07) is 19.5. The van der Waals surface area contributed by atoms with Gasteiger partial charge in [0.1, 0.15) is 0 Å². The molecule has 0 aromatic heterocycles. The Bertz CT molecular complexity index is 555. The predicted octanol–water partition coefficient (Wildman–Crippen LogP) is 0.763. The van der Waals surface area contributed by atoms with Crippen LogP contribution >= 0.6 is 0 Å². The van der Waals surface area contributed by atoms with Crippen LogP contribution in [0.4, 0.5) is 0 Å². The Hall–Kier alpha value is -1.47. The number of rotatable bonds is 2. The third-order valence-corrected chi connectivity index (χ3v) is 2.91. The SMILES string of the molecule is Cc1c[c-]c(C)c(C(C#N)c2ccccc2)c1.[Li+]. The molecule has 0 aliphatic carbocycles. The van der Waals surface area contributed by atoms with Crippen LogP contribution in [-0.4, -0.2) is 0 Å². The first kappa shape index (κ1) is 14.6. The average Bonchev–Trinajstić information content (AvgIpc) is 2.36. The van der Waals surface area contributed by atoms with Crippen LogP contribution in [0.2, 0.25) is 0 Å². The molecule has 2 rings (SSSR count). The number of benzene rings is 2. The van der Waals surface area contributed by atoms with E-state index in [1.54, 1.807) is 0 Å². The zero-order valence-corrected chi connectivity index (χ0v) is 11.1. The molecule has 0 spiro atoms. The predicted molar refractivity (Wildman–Crippen MR) is 68.7 cm³/mol. The molecule has 0 amide bonds. The first-order valence-corrected chi connectivity index (χ1v) is 5.66. The van der Waals surface area contributed by atoms with E-state index in [0.29, 0.717) is 0 Å². The molecule has 0 heterocycles. The van der Waals surface area contributed by atoms with Gasteiger partial charge in [0.15, 0.2) is 0 Å². The zero-order chi connectivity index (χ0) is 12.3. The van der Waals surface area contributed by atoms with E-state index < -0.39 is 0 Å². The van der Waals surface area contributed by atoms with Gasteiger partial charge >= 0.3 is 18.9 Å². The van der Waals surface area contributed by atoms with Crippen molar-refractivity contribution in [2.24, 2.45) is 0 Å². The van der Waals surface area contributed by atoms with Crippen LogP contribution in [0.1, 0.15) is 28.2 Å². The molecule has 0 saturated carbocycles. The van der Waals surface area contributed by atoms with E-state index in [-0.39, 0.29) is 24.8 Å². The molecule has 18 heavy (non-hydrogen) atoms. The standard InChI is InChI=1S/C16H14N.Li/c1-12-8-9-13(2)15(10-12)16(11-17)14-6-4-3-5-7-14;/h3-8,10,16H,1-2H3;/q-1;+1. The fourth-order valence-electron chi connectivity index (χ4n) is 1.97. The molecule has 84 valence electrons. The van der Waals surface area contributed by atoms with Gasteiger partial charge in [-0.15, -0.1) is 5.56 Å². The average molecular weight is 227 g/mol. The molecule has 2 aromatic carbocycles. The zero-order valence-electron chi connectivity index (χ0n) is 11.1. The first-order chi connectivity index (χ1) is 8.22. The van der Waals surface area contributed by atoms with Gasteiger partial charge in [0.2, 0.25) is 0 Å². The molecule has 0 aliphatic rings. The summed E-state index contributed by atoms with van der Waals surface area (Å²) in [6.45, 7) is 4.03. The van der Waals surface area contributed by atoms with Crippen LogP contribution in [0.5, 0.6) is 0 Å². The van der Waals surface area contributed by atoms with Crippen molar-refractivity contribution >= 4 is 0 Å². The van der Waals surface area contributed by atoms with Crippen molar-refractivity contribution in [3.63, 3.8) is 0 Å². The molecule has 1 unspecified atom stereocenters. The van der Waals surface area contributed by atoms with Crippen molar-refractivity contribution in [3.05, 3.63) is 70.8 Å². The van der Waals surface area contributed by atoms with Crippen LogP contribution in [-0.2, 0) is 0 Å². The van der Waals surface area contributed by atoms with Crippen molar-refractivity contribution in [3.8, 4) is 6.07 Å². The van der Waals surface area contributed by atoms with E-state index in [1.165, 1.54) is 0 Å². The summed E-state index contributed by atoms with van der Waals surface area (Å²) in [5.74, 6) is -0.202. The Morgan fingerprint density at radius 1 is 1.17 bits per heavy atom. The van der Waals surface area contributed by atoms with Gasteiger partial charge in [0.25, 0.3) is 0 Å². The van der Waals surface area contributed by atoms with E-state index in [4.69, 9.17) is 0 Å². The Morgan fingerprint density at radius 2 is 1.83 bits per heavy atom. The Morgan fingerprint density at radius 3 is 2.44 bits per heavy atom. The topological polar surface area (TPSA) is 23.8 Å². The molecule has 1 nitrogen and oxygen atoms in total. The fraction of sp³-hybridized carbons (Fsp3) is 0.188. The van der Waals surface area contributed by atoms with Gasteiger partial charge < -0.3 is 0 Å². The summed E-state index contributed by atoms with van der Waals surface area (Å²) in [5.41, 5.74) is 4.28. The summed E-state index contributed by atoms with van der Waals surface area (Å²) in [6.07, 6.45) is 0. The van der Waals surface area contributed by atoms with Gasteiger partial charge in [-0.3, -0.25) is 0 Å². The van der Waals surface area contributed by atoms with Gasteiger partial charge in [-0.25, -0.2) is 0 Å². The number of nitrogens with zero attached hydrogens (tertiary/aromatic N) is 1. The minimum atomic E-state index is -0.202. The fourth-order valence-corrected chi connectivity index (χ4v) is 1.97. The second-order valence-corrected chi connectivity index (χ2v) is 4.23. The molecule has 2 heteroatoms. The Kier molecular flexibility index (Phi) is 5.23. The van der Waals surface area contributed by atoms with Crippen molar-refractivity contribution in [2.75, 3.05) is 0 Å². The molecule has 1 atom stereocenters. The maximum atomic E-state index is 9.38. The molecular weight excluding hydrogens is 213 g/mol. The first-order valence-electron chi connectivity index (χ1n) is 5.66. The summed E-state index contributed by atoms with van der Waals surface area (Å²) < 4.78 is 0. The quantitative estimate of drug-likeness (QED) is 0.549.